The molecule has 1 fully saturated rings. The van der Waals surface area contributed by atoms with Gasteiger partial charge in [-0.1, -0.05) is 18.1 Å². The van der Waals surface area contributed by atoms with Gasteiger partial charge in [0.15, 0.2) is 5.82 Å². The largest absolute Gasteiger partial charge is 0.379 e. The second-order valence-electron chi connectivity index (χ2n) is 5.81. The fourth-order valence-electron chi connectivity index (χ4n) is 2.60. The van der Waals surface area contributed by atoms with Crippen LogP contribution in [0.2, 0.25) is 0 Å². The third-order valence-corrected chi connectivity index (χ3v) is 6.09. The molecule has 1 saturated heterocycles. The average Bonchev–Trinajstić information content (AvgIpc) is 3.10. The van der Waals surface area contributed by atoms with Crippen LogP contribution in [0, 0.1) is 6.92 Å². The summed E-state index contributed by atoms with van der Waals surface area (Å²) in [6.45, 7) is 5.68. The van der Waals surface area contributed by atoms with E-state index in [0.29, 0.717) is 67.1 Å². The molecule has 0 spiro atoms. The molecule has 1 aromatic heterocycles. The summed E-state index contributed by atoms with van der Waals surface area (Å²) in [7, 11) is -3.54. The van der Waals surface area contributed by atoms with Gasteiger partial charge >= 0.3 is 0 Å². The van der Waals surface area contributed by atoms with E-state index in [-0.39, 0.29) is 0 Å². The molecule has 3 rings (SSSR count). The maximum atomic E-state index is 12.9. The third kappa shape index (κ3) is 4.00. The second kappa shape index (κ2) is 7.51. The zero-order valence-corrected chi connectivity index (χ0v) is 15.2. The highest BCUT2D eigenvalue weighted by Crippen LogP contribution is 2.24. The molecule has 136 valence electrons. The van der Waals surface area contributed by atoms with E-state index >= 15 is 0 Å². The fourth-order valence-corrected chi connectivity index (χ4v) is 4.26. The first-order valence-corrected chi connectivity index (χ1v) is 9.68. The summed E-state index contributed by atoms with van der Waals surface area (Å²) >= 11 is 0. The van der Waals surface area contributed by atoms with E-state index in [4.69, 9.17) is 9.26 Å². The Labute approximate surface area is 147 Å². The minimum atomic E-state index is -3.54. The minimum absolute atomic E-state index is 0.305. The van der Waals surface area contributed by atoms with Crippen LogP contribution in [-0.4, -0.2) is 49.2 Å². The van der Waals surface area contributed by atoms with E-state index in [0.717, 1.165) is 0 Å². The summed E-state index contributed by atoms with van der Waals surface area (Å²) in [6, 6.07) is 5.28. The lowest BCUT2D eigenvalue weighted by atomic mass is 10.2. The summed E-state index contributed by atoms with van der Waals surface area (Å²) in [6.07, 6.45) is 0.704. The molecule has 2 heterocycles. The number of nitrogens with one attached hydrogen (secondary N) is 1. The van der Waals surface area contributed by atoms with E-state index in [9.17, 15) is 8.42 Å². The molecule has 2 aromatic rings. The van der Waals surface area contributed by atoms with Crippen LogP contribution >= 0.6 is 0 Å². The third-order valence-electron chi connectivity index (χ3n) is 4.05. The molecule has 0 aliphatic carbocycles. The van der Waals surface area contributed by atoms with E-state index in [1.807, 2.05) is 13.0 Å². The highest BCUT2D eigenvalue weighted by molar-refractivity contribution is 7.89. The van der Waals surface area contributed by atoms with Crippen molar-refractivity contribution in [2.75, 3.05) is 31.6 Å². The Morgan fingerprint density at radius 2 is 2.04 bits per heavy atom. The predicted octanol–water partition coefficient (Wildman–Crippen LogP) is 1.57. The maximum Gasteiger partial charge on any atom is 0.245 e. The second-order valence-corrected chi connectivity index (χ2v) is 7.71. The molecule has 0 amide bonds. The molecule has 0 unspecified atom stereocenters. The van der Waals surface area contributed by atoms with Crippen molar-refractivity contribution in [3.8, 4) is 0 Å². The molecular weight excluding hydrogens is 344 g/mol. The van der Waals surface area contributed by atoms with E-state index in [1.165, 1.54) is 4.31 Å². The predicted molar refractivity (Wildman–Crippen MR) is 91.8 cm³/mol. The number of anilines is 1. The summed E-state index contributed by atoms with van der Waals surface area (Å²) in [5, 5.41) is 6.98. The molecule has 1 aromatic carbocycles. The van der Waals surface area contributed by atoms with Gasteiger partial charge in [-0.2, -0.15) is 9.29 Å². The Kier molecular flexibility index (Phi) is 5.36. The zero-order valence-electron chi connectivity index (χ0n) is 14.4. The van der Waals surface area contributed by atoms with Crippen molar-refractivity contribution in [2.24, 2.45) is 0 Å². The number of rotatable bonds is 6. The lowest BCUT2D eigenvalue weighted by molar-refractivity contribution is 0.0730. The monoisotopic (exact) mass is 366 g/mol. The SMILES string of the molecule is CCc1noc(CNc2ccc(C)c(S(=O)(=O)N3CCOCC3)c2)n1. The van der Waals surface area contributed by atoms with Crippen molar-refractivity contribution in [1.29, 1.82) is 0 Å². The number of morpholine rings is 1. The minimum Gasteiger partial charge on any atom is -0.379 e. The highest BCUT2D eigenvalue weighted by Gasteiger charge is 2.27. The van der Waals surface area contributed by atoms with Gasteiger partial charge in [-0.05, 0) is 24.6 Å². The van der Waals surface area contributed by atoms with Crippen LogP contribution in [0.15, 0.2) is 27.6 Å². The van der Waals surface area contributed by atoms with Crippen LogP contribution in [0.4, 0.5) is 5.69 Å². The molecule has 25 heavy (non-hydrogen) atoms. The molecule has 1 aliphatic heterocycles. The Morgan fingerprint density at radius 3 is 2.72 bits per heavy atom. The highest BCUT2D eigenvalue weighted by atomic mass is 32.2. The zero-order chi connectivity index (χ0) is 17.9. The lowest BCUT2D eigenvalue weighted by Gasteiger charge is -2.26. The molecule has 8 nitrogen and oxygen atoms in total. The molecular formula is C16H22N4O4S. The molecule has 0 atom stereocenters. The van der Waals surface area contributed by atoms with Crippen LogP contribution in [-0.2, 0) is 27.7 Å². The molecule has 1 N–H and O–H groups in total. The topological polar surface area (TPSA) is 97.6 Å². The Morgan fingerprint density at radius 1 is 1.28 bits per heavy atom. The number of hydrogen-bond donors (Lipinski definition) is 1. The smallest absolute Gasteiger partial charge is 0.245 e. The van der Waals surface area contributed by atoms with Crippen molar-refractivity contribution in [3.63, 3.8) is 0 Å². The normalized spacial score (nSPS) is 16.1. The van der Waals surface area contributed by atoms with Crippen LogP contribution in [0.5, 0.6) is 0 Å². The quantitative estimate of drug-likeness (QED) is 0.829. The van der Waals surface area contributed by atoms with Gasteiger partial charge in [0, 0.05) is 25.2 Å². The van der Waals surface area contributed by atoms with Gasteiger partial charge in [-0.3, -0.25) is 0 Å². The summed E-state index contributed by atoms with van der Waals surface area (Å²) in [4.78, 5) is 4.53. The maximum absolute atomic E-state index is 12.9. The van der Waals surface area contributed by atoms with Gasteiger partial charge in [0.1, 0.15) is 0 Å². The molecule has 1 aliphatic rings. The Bertz CT molecular complexity index is 828. The number of aryl methyl sites for hydroxylation is 2. The van der Waals surface area contributed by atoms with Gasteiger partial charge in [0.2, 0.25) is 15.9 Å². The number of sulfonamides is 1. The van der Waals surface area contributed by atoms with Gasteiger partial charge in [-0.25, -0.2) is 8.42 Å². The van der Waals surface area contributed by atoms with E-state index in [2.05, 4.69) is 15.5 Å². The molecule has 0 radical (unpaired) electrons. The van der Waals surface area contributed by atoms with Crippen molar-refractivity contribution < 1.29 is 17.7 Å². The van der Waals surface area contributed by atoms with E-state index < -0.39 is 10.0 Å². The van der Waals surface area contributed by atoms with Gasteiger partial charge in [0.25, 0.3) is 0 Å². The number of ether oxygens (including phenoxy) is 1. The van der Waals surface area contributed by atoms with Crippen molar-refractivity contribution >= 4 is 15.7 Å². The van der Waals surface area contributed by atoms with Crippen LogP contribution < -0.4 is 5.32 Å². The fraction of sp³-hybridized carbons (Fsp3) is 0.500. The molecule has 9 heteroatoms. The van der Waals surface area contributed by atoms with Crippen LogP contribution in [0.1, 0.15) is 24.2 Å². The first kappa shape index (κ1) is 17.8. The summed E-state index contributed by atoms with van der Waals surface area (Å²) < 4.78 is 37.6. The van der Waals surface area contributed by atoms with Gasteiger partial charge in [-0.15, -0.1) is 0 Å². The molecule has 0 bridgehead atoms. The standard InChI is InChI=1S/C16H22N4O4S/c1-3-15-18-16(24-19-15)11-17-13-5-4-12(2)14(10-13)25(21,22)20-6-8-23-9-7-20/h4-5,10,17H,3,6-9,11H2,1-2H3. The Hall–Kier alpha value is -1.97. The number of nitrogens with zero attached hydrogens (tertiary/aromatic N) is 3. The van der Waals surface area contributed by atoms with Crippen molar-refractivity contribution in [2.45, 2.75) is 31.7 Å². The van der Waals surface area contributed by atoms with Crippen LogP contribution in [0.3, 0.4) is 0 Å². The average molecular weight is 366 g/mol. The van der Waals surface area contributed by atoms with Crippen molar-refractivity contribution in [3.05, 3.63) is 35.5 Å². The van der Waals surface area contributed by atoms with Crippen molar-refractivity contribution in [1.82, 2.24) is 14.4 Å². The number of hydrogen-bond acceptors (Lipinski definition) is 7. The first-order valence-electron chi connectivity index (χ1n) is 8.24. The van der Waals surface area contributed by atoms with Gasteiger partial charge in [0.05, 0.1) is 24.7 Å². The summed E-state index contributed by atoms with van der Waals surface area (Å²) in [5.74, 6) is 1.12. The number of aromatic nitrogens is 2. The first-order chi connectivity index (χ1) is 12.0. The van der Waals surface area contributed by atoms with Crippen LogP contribution in [0.25, 0.3) is 0 Å². The summed E-state index contributed by atoms with van der Waals surface area (Å²) in [5.41, 5.74) is 1.40. The number of benzene rings is 1. The Balaban J connectivity index is 1.77. The van der Waals surface area contributed by atoms with Gasteiger partial charge < -0.3 is 14.6 Å². The lowest BCUT2D eigenvalue weighted by Crippen LogP contribution is -2.40. The molecule has 0 saturated carbocycles. The van der Waals surface area contributed by atoms with E-state index in [1.54, 1.807) is 19.1 Å².